The summed E-state index contributed by atoms with van der Waals surface area (Å²) in [4.78, 5) is 22.8. The molecule has 6 nitrogen and oxygen atoms in total. The van der Waals surface area contributed by atoms with Crippen molar-refractivity contribution in [2.45, 2.75) is 12.8 Å². The third-order valence-electron chi connectivity index (χ3n) is 3.86. The number of benzene rings is 2. The van der Waals surface area contributed by atoms with Gasteiger partial charge in [0.1, 0.15) is 12.4 Å². The first-order valence-corrected chi connectivity index (χ1v) is 8.38. The Morgan fingerprint density at radius 3 is 2.54 bits per heavy atom. The number of methoxy groups -OCH3 is 1. The van der Waals surface area contributed by atoms with E-state index in [0.29, 0.717) is 25.3 Å². The van der Waals surface area contributed by atoms with Gasteiger partial charge in [-0.15, -0.1) is 0 Å². The number of carbonyl (C=O) groups excluding carboxylic acids is 1. The molecule has 0 bridgehead atoms. The second kappa shape index (κ2) is 10.2. The molecule has 0 aliphatic heterocycles. The van der Waals surface area contributed by atoms with Crippen molar-refractivity contribution in [3.63, 3.8) is 0 Å². The molecule has 0 saturated heterocycles. The van der Waals surface area contributed by atoms with E-state index in [1.165, 1.54) is 24.8 Å². The Morgan fingerprint density at radius 1 is 1.08 bits per heavy atom. The van der Waals surface area contributed by atoms with Crippen LogP contribution in [0.2, 0.25) is 0 Å². The van der Waals surface area contributed by atoms with Crippen molar-refractivity contribution >= 4 is 11.9 Å². The molecule has 2 aromatic carbocycles. The number of rotatable bonds is 10. The van der Waals surface area contributed by atoms with Crippen molar-refractivity contribution in [3.05, 3.63) is 65.2 Å². The molecule has 2 aromatic rings. The maximum Gasteiger partial charge on any atom is 0.335 e. The van der Waals surface area contributed by atoms with Crippen LogP contribution < -0.4 is 10.1 Å². The van der Waals surface area contributed by atoms with Crippen molar-refractivity contribution in [3.8, 4) is 5.75 Å². The van der Waals surface area contributed by atoms with Crippen LogP contribution in [0.15, 0.2) is 48.5 Å². The lowest BCUT2D eigenvalue weighted by molar-refractivity contribution is -0.125. The summed E-state index contributed by atoms with van der Waals surface area (Å²) in [6, 6.07) is 14.6. The fourth-order valence-electron chi connectivity index (χ4n) is 2.47. The predicted molar refractivity (Wildman–Crippen MR) is 97.6 cm³/mol. The van der Waals surface area contributed by atoms with Crippen molar-refractivity contribution in [1.29, 1.82) is 0 Å². The summed E-state index contributed by atoms with van der Waals surface area (Å²) >= 11 is 0. The third-order valence-corrected chi connectivity index (χ3v) is 3.86. The lowest BCUT2D eigenvalue weighted by Crippen LogP contribution is -2.29. The van der Waals surface area contributed by atoms with Crippen LogP contribution >= 0.6 is 0 Å². The van der Waals surface area contributed by atoms with Gasteiger partial charge in [-0.05, 0) is 36.1 Å². The average molecular weight is 357 g/mol. The van der Waals surface area contributed by atoms with Crippen LogP contribution in [-0.4, -0.2) is 43.9 Å². The highest BCUT2D eigenvalue weighted by Crippen LogP contribution is 2.20. The van der Waals surface area contributed by atoms with Crippen LogP contribution in [0.4, 0.5) is 0 Å². The average Bonchev–Trinajstić information content (AvgIpc) is 2.66. The van der Waals surface area contributed by atoms with Crippen molar-refractivity contribution < 1.29 is 24.2 Å². The van der Waals surface area contributed by atoms with E-state index >= 15 is 0 Å². The summed E-state index contributed by atoms with van der Waals surface area (Å²) in [5, 5.41) is 11.8. The summed E-state index contributed by atoms with van der Waals surface area (Å²) in [7, 11) is 1.49. The number of aromatic carboxylic acids is 1. The number of carboxylic acids is 1. The minimum atomic E-state index is -1.00. The van der Waals surface area contributed by atoms with E-state index in [-0.39, 0.29) is 18.1 Å². The zero-order chi connectivity index (χ0) is 18.8. The Hall–Kier alpha value is -2.86. The minimum absolute atomic E-state index is 0.0158. The Labute approximate surface area is 152 Å². The normalized spacial score (nSPS) is 10.3. The third kappa shape index (κ3) is 6.22. The fraction of sp³-hybridized carbons (Fsp3) is 0.300. The molecule has 1 amide bonds. The first-order valence-electron chi connectivity index (χ1n) is 8.38. The second-order valence-electron chi connectivity index (χ2n) is 5.72. The highest BCUT2D eigenvalue weighted by atomic mass is 16.5. The quantitative estimate of drug-likeness (QED) is 0.638. The van der Waals surface area contributed by atoms with E-state index in [0.717, 1.165) is 12.0 Å². The molecule has 2 N–H and O–H groups in total. The first kappa shape index (κ1) is 19.5. The lowest BCUT2D eigenvalue weighted by atomic mass is 10.1. The molecule has 0 saturated carbocycles. The SMILES string of the molecule is COc1cc(C(=O)O)ccc1CCNC(=O)COCCc1ccccc1. The number of hydrogen-bond donors (Lipinski definition) is 2. The highest BCUT2D eigenvalue weighted by molar-refractivity contribution is 5.88. The van der Waals surface area contributed by atoms with Gasteiger partial charge in [-0.3, -0.25) is 4.79 Å². The first-order chi connectivity index (χ1) is 12.6. The summed E-state index contributed by atoms with van der Waals surface area (Å²) < 4.78 is 10.6. The number of carboxylic acid groups (broad SMARTS) is 1. The molecule has 26 heavy (non-hydrogen) atoms. The molecule has 0 atom stereocenters. The molecule has 0 aromatic heterocycles. The minimum Gasteiger partial charge on any atom is -0.496 e. The molecule has 0 heterocycles. The van der Waals surface area contributed by atoms with Crippen LogP contribution in [-0.2, 0) is 22.4 Å². The topological polar surface area (TPSA) is 84.9 Å². The second-order valence-corrected chi connectivity index (χ2v) is 5.72. The molecule has 0 spiro atoms. The van der Waals surface area contributed by atoms with E-state index in [4.69, 9.17) is 14.6 Å². The van der Waals surface area contributed by atoms with Crippen LogP contribution in [0.1, 0.15) is 21.5 Å². The maximum absolute atomic E-state index is 11.8. The van der Waals surface area contributed by atoms with Crippen LogP contribution in [0.3, 0.4) is 0 Å². The van der Waals surface area contributed by atoms with Crippen LogP contribution in [0, 0.1) is 0 Å². The number of amides is 1. The molecule has 0 fully saturated rings. The molecule has 138 valence electrons. The van der Waals surface area contributed by atoms with Gasteiger partial charge in [0.25, 0.3) is 0 Å². The molecular weight excluding hydrogens is 334 g/mol. The van der Waals surface area contributed by atoms with Gasteiger partial charge in [-0.2, -0.15) is 0 Å². The summed E-state index contributed by atoms with van der Waals surface area (Å²) in [6.45, 7) is 0.924. The maximum atomic E-state index is 11.8. The fourth-order valence-corrected chi connectivity index (χ4v) is 2.47. The number of hydrogen-bond acceptors (Lipinski definition) is 4. The molecule has 0 aliphatic rings. The number of carbonyl (C=O) groups is 2. The lowest BCUT2D eigenvalue weighted by Gasteiger charge is -2.10. The van der Waals surface area contributed by atoms with Crippen molar-refractivity contribution in [1.82, 2.24) is 5.32 Å². The summed E-state index contributed by atoms with van der Waals surface area (Å²) in [5.74, 6) is -0.687. The van der Waals surface area contributed by atoms with E-state index in [2.05, 4.69) is 5.32 Å². The summed E-state index contributed by atoms with van der Waals surface area (Å²) in [6.07, 6.45) is 1.31. The van der Waals surface area contributed by atoms with E-state index < -0.39 is 5.97 Å². The molecule has 2 rings (SSSR count). The molecule has 0 unspecified atom stereocenters. The van der Waals surface area contributed by atoms with E-state index in [9.17, 15) is 9.59 Å². The van der Waals surface area contributed by atoms with E-state index in [1.807, 2.05) is 30.3 Å². The van der Waals surface area contributed by atoms with Crippen molar-refractivity contribution in [2.24, 2.45) is 0 Å². The van der Waals surface area contributed by atoms with Gasteiger partial charge in [0.05, 0.1) is 19.3 Å². The smallest absolute Gasteiger partial charge is 0.335 e. The Balaban J connectivity index is 1.68. The molecular formula is C20H23NO5. The predicted octanol–water partition coefficient (Wildman–Crippen LogP) is 2.31. The largest absolute Gasteiger partial charge is 0.496 e. The number of nitrogens with one attached hydrogen (secondary N) is 1. The van der Waals surface area contributed by atoms with Gasteiger partial charge in [-0.25, -0.2) is 4.79 Å². The van der Waals surface area contributed by atoms with Crippen molar-refractivity contribution in [2.75, 3.05) is 26.9 Å². The zero-order valence-electron chi connectivity index (χ0n) is 14.7. The van der Waals surface area contributed by atoms with Crippen LogP contribution in [0.25, 0.3) is 0 Å². The Morgan fingerprint density at radius 2 is 1.85 bits per heavy atom. The molecule has 6 heteroatoms. The van der Waals surface area contributed by atoms with Gasteiger partial charge in [-0.1, -0.05) is 36.4 Å². The monoisotopic (exact) mass is 357 g/mol. The Kier molecular flexibility index (Phi) is 7.64. The van der Waals surface area contributed by atoms with Gasteiger partial charge >= 0.3 is 5.97 Å². The highest BCUT2D eigenvalue weighted by Gasteiger charge is 2.09. The summed E-state index contributed by atoms with van der Waals surface area (Å²) in [5.41, 5.74) is 2.18. The van der Waals surface area contributed by atoms with E-state index in [1.54, 1.807) is 6.07 Å². The van der Waals surface area contributed by atoms with Gasteiger partial charge in [0.15, 0.2) is 0 Å². The van der Waals surface area contributed by atoms with Gasteiger partial charge in [0.2, 0.25) is 5.91 Å². The van der Waals surface area contributed by atoms with Gasteiger partial charge < -0.3 is 19.9 Å². The molecule has 0 radical (unpaired) electrons. The number of ether oxygens (including phenoxy) is 2. The Bertz CT molecular complexity index is 730. The van der Waals surface area contributed by atoms with Gasteiger partial charge in [0, 0.05) is 6.54 Å². The van der Waals surface area contributed by atoms with Crippen LogP contribution in [0.5, 0.6) is 5.75 Å². The zero-order valence-corrected chi connectivity index (χ0v) is 14.7. The molecule has 0 aliphatic carbocycles. The standard InChI is InChI=1S/C20H23NO5/c1-25-18-13-17(20(23)24)8-7-16(18)9-11-21-19(22)14-26-12-10-15-5-3-2-4-6-15/h2-8,13H,9-12,14H2,1H3,(H,21,22)(H,23,24).